The zero-order valence-electron chi connectivity index (χ0n) is 15.2. The van der Waals surface area contributed by atoms with Crippen molar-refractivity contribution in [1.29, 1.82) is 0 Å². The van der Waals surface area contributed by atoms with E-state index in [1.54, 1.807) is 0 Å². The number of halogens is 1. The number of rotatable bonds is 6. The summed E-state index contributed by atoms with van der Waals surface area (Å²) in [4.78, 5) is 0. The predicted octanol–water partition coefficient (Wildman–Crippen LogP) is 1.34. The molecular weight excluding hydrogens is 421 g/mol. The van der Waals surface area contributed by atoms with E-state index in [1.165, 1.54) is 36.8 Å². The topological polar surface area (TPSA) is 20.2 Å². The van der Waals surface area contributed by atoms with Crippen molar-refractivity contribution in [3.8, 4) is 0 Å². The summed E-state index contributed by atoms with van der Waals surface area (Å²) in [6.45, 7) is 3.73. The molecule has 3 heteroatoms. The standard InChI is InChI=1S/C22H30NO.HI/c1-23(17-9-4-10-18-23)19-11-16-22(24,20-12-5-2-6-13-20)21-14-7-3-8-15-21;/h2-3,5-8,12-15,24H,4,9-11,16-19H2,1H3;1H/q+1;/p-1. The summed E-state index contributed by atoms with van der Waals surface area (Å²) in [7, 11) is 2.38. The zero-order valence-corrected chi connectivity index (χ0v) is 17.4. The summed E-state index contributed by atoms with van der Waals surface area (Å²) in [5, 5.41) is 11.6. The molecule has 1 saturated heterocycles. The SMILES string of the molecule is C[N+]1(CCCC(O)(c2ccccc2)c2ccccc2)CCCCC1.[I-]. The first kappa shape index (κ1) is 20.4. The number of nitrogens with zero attached hydrogens (tertiary/aromatic N) is 1. The molecule has 0 bridgehead atoms. The smallest absolute Gasteiger partial charge is 0.115 e. The molecular formula is C22H30INO. The average Bonchev–Trinajstić information content (AvgIpc) is 2.63. The van der Waals surface area contributed by atoms with Crippen LogP contribution in [-0.2, 0) is 5.60 Å². The zero-order chi connectivity index (χ0) is 16.9. The fourth-order valence-corrected chi connectivity index (χ4v) is 4.10. The van der Waals surface area contributed by atoms with E-state index in [2.05, 4.69) is 7.05 Å². The molecule has 0 atom stereocenters. The lowest BCUT2D eigenvalue weighted by Gasteiger charge is -2.39. The van der Waals surface area contributed by atoms with Crippen molar-refractivity contribution in [2.24, 2.45) is 0 Å². The Balaban J connectivity index is 0.00000225. The summed E-state index contributed by atoms with van der Waals surface area (Å²) in [6.07, 6.45) is 5.88. The van der Waals surface area contributed by atoms with Gasteiger partial charge in [0.15, 0.2) is 0 Å². The van der Waals surface area contributed by atoms with Gasteiger partial charge in [0.25, 0.3) is 0 Å². The summed E-state index contributed by atoms with van der Waals surface area (Å²) in [6, 6.07) is 20.3. The number of hydrogen-bond donors (Lipinski definition) is 1. The Morgan fingerprint density at radius 1 is 0.840 bits per heavy atom. The van der Waals surface area contributed by atoms with E-state index in [-0.39, 0.29) is 24.0 Å². The number of hydrogen-bond acceptors (Lipinski definition) is 1. The molecule has 0 amide bonds. The minimum Gasteiger partial charge on any atom is -1.00 e. The van der Waals surface area contributed by atoms with Crippen molar-refractivity contribution in [3.63, 3.8) is 0 Å². The van der Waals surface area contributed by atoms with E-state index >= 15 is 0 Å². The van der Waals surface area contributed by atoms with Crippen LogP contribution < -0.4 is 24.0 Å². The Bertz CT molecular complexity index is 583. The highest BCUT2D eigenvalue weighted by Gasteiger charge is 2.32. The van der Waals surface area contributed by atoms with Gasteiger partial charge in [-0.15, -0.1) is 0 Å². The van der Waals surface area contributed by atoms with E-state index in [0.717, 1.165) is 30.5 Å². The van der Waals surface area contributed by atoms with Crippen molar-refractivity contribution in [2.75, 3.05) is 26.7 Å². The van der Waals surface area contributed by atoms with Gasteiger partial charge in [-0.3, -0.25) is 0 Å². The van der Waals surface area contributed by atoms with Crippen LogP contribution >= 0.6 is 0 Å². The summed E-state index contributed by atoms with van der Waals surface area (Å²) >= 11 is 0. The van der Waals surface area contributed by atoms with Crippen LogP contribution in [0.2, 0.25) is 0 Å². The lowest BCUT2D eigenvalue weighted by Crippen LogP contribution is -3.00. The van der Waals surface area contributed by atoms with E-state index in [4.69, 9.17) is 0 Å². The highest BCUT2D eigenvalue weighted by molar-refractivity contribution is 5.35. The molecule has 1 aliphatic heterocycles. The number of aliphatic hydroxyl groups is 1. The van der Waals surface area contributed by atoms with Crippen LogP contribution in [0.3, 0.4) is 0 Å². The molecule has 2 aromatic rings. The van der Waals surface area contributed by atoms with Crippen LogP contribution in [0.15, 0.2) is 60.7 Å². The minimum atomic E-state index is -0.891. The third-order valence-corrected chi connectivity index (χ3v) is 5.64. The molecule has 2 nitrogen and oxygen atoms in total. The molecule has 0 unspecified atom stereocenters. The van der Waals surface area contributed by atoms with Gasteiger partial charge >= 0.3 is 0 Å². The number of benzene rings is 2. The molecule has 1 fully saturated rings. The minimum absolute atomic E-state index is 0. The maximum atomic E-state index is 11.6. The maximum Gasteiger partial charge on any atom is 0.115 e. The van der Waals surface area contributed by atoms with E-state index in [9.17, 15) is 5.11 Å². The normalized spacial score (nSPS) is 16.9. The van der Waals surface area contributed by atoms with Gasteiger partial charge in [0.1, 0.15) is 5.60 Å². The van der Waals surface area contributed by atoms with Gasteiger partial charge in [-0.05, 0) is 43.2 Å². The largest absolute Gasteiger partial charge is 1.00 e. The van der Waals surface area contributed by atoms with Gasteiger partial charge in [0.2, 0.25) is 0 Å². The molecule has 2 aromatic carbocycles. The Morgan fingerprint density at radius 3 is 1.80 bits per heavy atom. The van der Waals surface area contributed by atoms with Crippen LogP contribution in [-0.4, -0.2) is 36.3 Å². The van der Waals surface area contributed by atoms with E-state index in [1.807, 2.05) is 60.7 Å². The highest BCUT2D eigenvalue weighted by Crippen LogP contribution is 2.34. The maximum absolute atomic E-state index is 11.6. The average molecular weight is 451 g/mol. The molecule has 0 aromatic heterocycles. The fraction of sp³-hybridized carbons (Fsp3) is 0.455. The predicted molar refractivity (Wildman–Crippen MR) is 99.8 cm³/mol. The quantitative estimate of drug-likeness (QED) is 0.520. The Morgan fingerprint density at radius 2 is 1.32 bits per heavy atom. The van der Waals surface area contributed by atoms with Gasteiger partial charge in [-0.1, -0.05) is 60.7 Å². The van der Waals surface area contributed by atoms with Crippen LogP contribution in [0.25, 0.3) is 0 Å². The highest BCUT2D eigenvalue weighted by atomic mass is 127. The number of likely N-dealkylation sites (tertiary alicyclic amines) is 1. The molecule has 0 aliphatic carbocycles. The molecule has 25 heavy (non-hydrogen) atoms. The van der Waals surface area contributed by atoms with Crippen LogP contribution in [0.1, 0.15) is 43.2 Å². The van der Waals surface area contributed by atoms with Crippen molar-refractivity contribution in [2.45, 2.75) is 37.7 Å². The molecule has 0 saturated carbocycles. The third kappa shape index (κ3) is 5.05. The van der Waals surface area contributed by atoms with Crippen molar-refractivity contribution in [1.82, 2.24) is 0 Å². The number of piperidine rings is 1. The van der Waals surface area contributed by atoms with Gasteiger partial charge in [-0.2, -0.15) is 0 Å². The molecule has 136 valence electrons. The lowest BCUT2D eigenvalue weighted by atomic mass is 9.82. The van der Waals surface area contributed by atoms with E-state index < -0.39 is 5.60 Å². The Hall–Kier alpha value is -0.910. The fourth-order valence-electron chi connectivity index (χ4n) is 4.10. The van der Waals surface area contributed by atoms with Crippen LogP contribution in [0, 0.1) is 0 Å². The second-order valence-corrected chi connectivity index (χ2v) is 7.55. The Labute approximate surface area is 169 Å². The van der Waals surface area contributed by atoms with Crippen molar-refractivity contribution >= 4 is 0 Å². The monoisotopic (exact) mass is 451 g/mol. The molecule has 0 spiro atoms. The van der Waals surface area contributed by atoms with Crippen molar-refractivity contribution in [3.05, 3.63) is 71.8 Å². The molecule has 1 aliphatic rings. The molecule has 3 rings (SSSR count). The van der Waals surface area contributed by atoms with Gasteiger partial charge in [0, 0.05) is 0 Å². The van der Waals surface area contributed by atoms with Gasteiger partial charge in [0.05, 0.1) is 26.7 Å². The first-order valence-corrected chi connectivity index (χ1v) is 9.29. The molecule has 0 radical (unpaired) electrons. The summed E-state index contributed by atoms with van der Waals surface area (Å²) < 4.78 is 1.17. The second kappa shape index (κ2) is 9.15. The van der Waals surface area contributed by atoms with Crippen LogP contribution in [0.4, 0.5) is 0 Å². The van der Waals surface area contributed by atoms with Gasteiger partial charge in [-0.25, -0.2) is 0 Å². The summed E-state index contributed by atoms with van der Waals surface area (Å²) in [5.41, 5.74) is 1.10. The first-order valence-electron chi connectivity index (χ1n) is 9.29. The third-order valence-electron chi connectivity index (χ3n) is 5.64. The van der Waals surface area contributed by atoms with Crippen molar-refractivity contribution < 1.29 is 33.6 Å². The van der Waals surface area contributed by atoms with Crippen LogP contribution in [0.5, 0.6) is 0 Å². The second-order valence-electron chi connectivity index (χ2n) is 7.55. The Kier molecular flexibility index (Phi) is 7.47. The number of quaternary nitrogens is 1. The summed E-state index contributed by atoms with van der Waals surface area (Å²) in [5.74, 6) is 0. The molecule has 1 heterocycles. The van der Waals surface area contributed by atoms with Gasteiger partial charge < -0.3 is 33.6 Å². The van der Waals surface area contributed by atoms with E-state index in [0.29, 0.717) is 0 Å². The molecule has 1 N–H and O–H groups in total. The lowest BCUT2D eigenvalue weighted by molar-refractivity contribution is -0.914. The first-order chi connectivity index (χ1) is 11.6.